The molecule has 196 valence electrons. The molecule has 1 aromatic carbocycles. The maximum atomic E-state index is 14.5. The van der Waals surface area contributed by atoms with E-state index in [4.69, 9.17) is 17.3 Å². The number of benzene rings is 1. The fraction of sp³-hybridized carbons (Fsp3) is 0.417. The van der Waals surface area contributed by atoms with Crippen molar-refractivity contribution in [2.75, 3.05) is 49.6 Å². The number of amides is 1. The SMILES string of the molecule is CN=C(C1=C(N)CN(C(=O)c2cc(F)cc(N3CC4(CSC4)C3)c2Cl)CC1)c1cncc(C(F)(F)F)n1. The molecule has 4 heterocycles. The van der Waals surface area contributed by atoms with Gasteiger partial charge in [0, 0.05) is 54.9 Å². The van der Waals surface area contributed by atoms with Gasteiger partial charge in [-0.3, -0.25) is 14.8 Å². The zero-order chi connectivity index (χ0) is 26.5. The van der Waals surface area contributed by atoms with Crippen LogP contribution in [0.15, 0.2) is 40.8 Å². The van der Waals surface area contributed by atoms with Crippen molar-refractivity contribution < 1.29 is 22.4 Å². The first kappa shape index (κ1) is 25.8. The molecule has 3 aliphatic heterocycles. The summed E-state index contributed by atoms with van der Waals surface area (Å²) in [5, 5.41) is 0.191. The lowest BCUT2D eigenvalue weighted by Crippen LogP contribution is -2.63. The Morgan fingerprint density at radius 2 is 1.97 bits per heavy atom. The van der Waals surface area contributed by atoms with Crippen molar-refractivity contribution in [1.82, 2.24) is 14.9 Å². The maximum absolute atomic E-state index is 14.5. The van der Waals surface area contributed by atoms with E-state index in [0.717, 1.165) is 30.7 Å². The Hall–Kier alpha value is -2.86. The number of hydrogen-bond acceptors (Lipinski definition) is 7. The molecule has 2 N–H and O–H groups in total. The first-order valence-corrected chi connectivity index (χ1v) is 13.0. The summed E-state index contributed by atoms with van der Waals surface area (Å²) in [6.07, 6.45) is -2.62. The van der Waals surface area contributed by atoms with Crippen LogP contribution in [0.1, 0.15) is 28.2 Å². The number of aliphatic imine (C=N–C) groups is 1. The van der Waals surface area contributed by atoms with Crippen LogP contribution in [0.25, 0.3) is 0 Å². The highest BCUT2D eigenvalue weighted by Crippen LogP contribution is 2.48. The molecule has 0 aliphatic carbocycles. The number of aromatic nitrogens is 2. The molecule has 0 unspecified atom stereocenters. The fourth-order valence-corrected chi connectivity index (χ4v) is 6.35. The molecule has 2 fully saturated rings. The van der Waals surface area contributed by atoms with E-state index in [1.807, 2.05) is 16.7 Å². The molecule has 0 bridgehead atoms. The molecule has 3 aliphatic rings. The largest absolute Gasteiger partial charge is 0.434 e. The van der Waals surface area contributed by atoms with E-state index in [1.54, 1.807) is 0 Å². The Morgan fingerprint density at radius 1 is 1.24 bits per heavy atom. The number of nitrogens with two attached hydrogens (primary N) is 1. The standard InChI is InChI=1S/C24H23ClF4N6OS/c1-31-21(17-6-32-7-19(33-17)24(27,28)29)14-2-3-34(8-16(14)30)22(36)15-4-13(26)5-18(20(15)25)35-9-23(10-35)11-37-12-23/h4-7H,2-3,8-12,30H2,1H3. The van der Waals surface area contributed by atoms with Crippen LogP contribution in [0, 0.1) is 11.2 Å². The Labute approximate surface area is 219 Å². The summed E-state index contributed by atoms with van der Waals surface area (Å²) in [6, 6.07) is 2.47. The number of carbonyl (C=O) groups is 1. The average Bonchev–Trinajstić information content (AvgIpc) is 2.80. The highest BCUT2D eigenvalue weighted by molar-refractivity contribution is 8.00. The van der Waals surface area contributed by atoms with Crippen LogP contribution in [-0.4, -0.2) is 71.2 Å². The normalized spacial score (nSPS) is 19.7. The highest BCUT2D eigenvalue weighted by atomic mass is 35.5. The number of halogens is 5. The van der Waals surface area contributed by atoms with Gasteiger partial charge < -0.3 is 15.5 Å². The molecule has 0 radical (unpaired) electrons. The molecule has 2 saturated heterocycles. The summed E-state index contributed by atoms with van der Waals surface area (Å²) in [5.41, 5.74) is 6.77. The Balaban J connectivity index is 1.36. The van der Waals surface area contributed by atoms with Crippen LogP contribution in [0.5, 0.6) is 0 Å². The van der Waals surface area contributed by atoms with E-state index in [-0.39, 0.29) is 52.6 Å². The Morgan fingerprint density at radius 3 is 2.57 bits per heavy atom. The third kappa shape index (κ3) is 4.76. The fourth-order valence-electron chi connectivity index (χ4n) is 4.89. The zero-order valence-electron chi connectivity index (χ0n) is 19.8. The summed E-state index contributed by atoms with van der Waals surface area (Å²) in [7, 11) is 1.42. The van der Waals surface area contributed by atoms with Crippen LogP contribution < -0.4 is 10.6 Å². The van der Waals surface area contributed by atoms with Gasteiger partial charge in [-0.2, -0.15) is 24.9 Å². The van der Waals surface area contributed by atoms with Gasteiger partial charge in [-0.1, -0.05) is 11.6 Å². The molecule has 0 atom stereocenters. The number of hydrogen-bond donors (Lipinski definition) is 1. The van der Waals surface area contributed by atoms with Crippen LogP contribution in [-0.2, 0) is 6.18 Å². The van der Waals surface area contributed by atoms with E-state index >= 15 is 0 Å². The summed E-state index contributed by atoms with van der Waals surface area (Å²) < 4.78 is 53.9. The van der Waals surface area contributed by atoms with Crippen molar-refractivity contribution >= 4 is 40.7 Å². The quantitative estimate of drug-likeness (QED) is 0.454. The lowest BCUT2D eigenvalue weighted by molar-refractivity contribution is -0.141. The van der Waals surface area contributed by atoms with Gasteiger partial charge in [0.1, 0.15) is 11.5 Å². The van der Waals surface area contributed by atoms with Crippen molar-refractivity contribution in [3.8, 4) is 0 Å². The van der Waals surface area contributed by atoms with Crippen molar-refractivity contribution in [2.45, 2.75) is 12.6 Å². The van der Waals surface area contributed by atoms with Crippen LogP contribution >= 0.6 is 23.4 Å². The van der Waals surface area contributed by atoms with Gasteiger partial charge in [0.15, 0.2) is 5.69 Å². The first-order valence-electron chi connectivity index (χ1n) is 11.5. The predicted molar refractivity (Wildman–Crippen MR) is 135 cm³/mol. The number of anilines is 1. The molecular weight excluding hydrogens is 532 g/mol. The van der Waals surface area contributed by atoms with Crippen LogP contribution in [0.4, 0.5) is 23.2 Å². The monoisotopic (exact) mass is 554 g/mol. The third-order valence-corrected chi connectivity index (χ3v) is 8.83. The summed E-state index contributed by atoms with van der Waals surface area (Å²) >= 11 is 8.47. The van der Waals surface area contributed by atoms with Crippen molar-refractivity contribution in [3.63, 3.8) is 0 Å². The van der Waals surface area contributed by atoms with E-state index in [0.29, 0.717) is 17.5 Å². The molecule has 1 aromatic heterocycles. The number of thioether (sulfide) groups is 1. The van der Waals surface area contributed by atoms with E-state index < -0.39 is 23.6 Å². The van der Waals surface area contributed by atoms with Gasteiger partial charge in [0.05, 0.1) is 40.9 Å². The second-order valence-electron chi connectivity index (χ2n) is 9.48. The minimum absolute atomic E-state index is 0.0220. The van der Waals surface area contributed by atoms with Crippen molar-refractivity contribution in [2.24, 2.45) is 16.1 Å². The Kier molecular flexibility index (Phi) is 6.59. The van der Waals surface area contributed by atoms with Gasteiger partial charge in [-0.05, 0) is 18.6 Å². The molecule has 7 nitrogen and oxygen atoms in total. The van der Waals surface area contributed by atoms with E-state index in [1.165, 1.54) is 24.2 Å². The molecule has 1 spiro atoms. The Bertz CT molecular complexity index is 1320. The summed E-state index contributed by atoms with van der Waals surface area (Å²) in [6.45, 7) is 1.71. The van der Waals surface area contributed by atoms with Crippen LogP contribution in [0.3, 0.4) is 0 Å². The van der Waals surface area contributed by atoms with Gasteiger partial charge in [-0.25, -0.2) is 9.37 Å². The second-order valence-corrected chi connectivity index (χ2v) is 10.8. The van der Waals surface area contributed by atoms with Gasteiger partial charge in [-0.15, -0.1) is 0 Å². The third-order valence-electron chi connectivity index (χ3n) is 6.80. The lowest BCUT2D eigenvalue weighted by atomic mass is 9.82. The van der Waals surface area contributed by atoms with Gasteiger partial charge >= 0.3 is 6.18 Å². The average molecular weight is 555 g/mol. The summed E-state index contributed by atoms with van der Waals surface area (Å²) in [4.78, 5) is 28.2. The molecule has 0 saturated carbocycles. The van der Waals surface area contributed by atoms with E-state index in [2.05, 4.69) is 15.0 Å². The number of alkyl halides is 3. The number of rotatable bonds is 4. The van der Waals surface area contributed by atoms with Gasteiger partial charge in [0.25, 0.3) is 5.91 Å². The molecular formula is C24H23ClF4N6OS. The molecule has 1 amide bonds. The molecule has 2 aromatic rings. The second kappa shape index (κ2) is 9.46. The van der Waals surface area contributed by atoms with E-state index in [9.17, 15) is 22.4 Å². The van der Waals surface area contributed by atoms with Crippen molar-refractivity contribution in [3.05, 3.63) is 63.6 Å². The zero-order valence-corrected chi connectivity index (χ0v) is 21.4. The predicted octanol–water partition coefficient (Wildman–Crippen LogP) is 4.02. The first-order chi connectivity index (χ1) is 17.5. The topological polar surface area (TPSA) is 87.7 Å². The van der Waals surface area contributed by atoms with Gasteiger partial charge in [0.2, 0.25) is 0 Å². The molecule has 13 heteroatoms. The molecule has 37 heavy (non-hydrogen) atoms. The van der Waals surface area contributed by atoms with Crippen molar-refractivity contribution in [1.29, 1.82) is 0 Å². The number of nitrogens with zero attached hydrogens (tertiary/aromatic N) is 5. The smallest absolute Gasteiger partial charge is 0.400 e. The molecule has 5 rings (SSSR count). The highest BCUT2D eigenvalue weighted by Gasteiger charge is 2.49. The lowest BCUT2D eigenvalue weighted by Gasteiger charge is -2.56. The number of carbonyl (C=O) groups excluding carboxylic acids is 1. The minimum Gasteiger partial charge on any atom is -0.400 e. The maximum Gasteiger partial charge on any atom is 0.434 e. The summed E-state index contributed by atoms with van der Waals surface area (Å²) in [5.74, 6) is 1.10. The van der Waals surface area contributed by atoms with Crippen LogP contribution in [0.2, 0.25) is 5.02 Å². The minimum atomic E-state index is -4.66.